The predicted molar refractivity (Wildman–Crippen MR) is 79.9 cm³/mol. The number of hydrogen-bond donors (Lipinski definition) is 2. The van der Waals surface area contributed by atoms with Crippen molar-refractivity contribution >= 4 is 23.1 Å². The SMILES string of the molecule is Cc1ncc(CNC(=O)Nc2cnn(C(C)(C)C)c2)s1. The van der Waals surface area contributed by atoms with E-state index >= 15 is 0 Å². The van der Waals surface area contributed by atoms with Crippen LogP contribution >= 0.6 is 11.3 Å². The molecule has 2 aromatic heterocycles. The lowest BCUT2D eigenvalue weighted by molar-refractivity contribution is 0.252. The Morgan fingerprint density at radius 1 is 1.40 bits per heavy atom. The van der Waals surface area contributed by atoms with E-state index in [0.717, 1.165) is 9.88 Å². The highest BCUT2D eigenvalue weighted by molar-refractivity contribution is 7.11. The largest absolute Gasteiger partial charge is 0.333 e. The maximum absolute atomic E-state index is 11.8. The van der Waals surface area contributed by atoms with E-state index in [4.69, 9.17) is 0 Å². The first-order valence-corrected chi connectivity index (χ1v) is 7.17. The Bertz CT molecular complexity index is 596. The Morgan fingerprint density at radius 2 is 2.15 bits per heavy atom. The van der Waals surface area contributed by atoms with Crippen molar-refractivity contribution in [2.75, 3.05) is 5.32 Å². The zero-order valence-electron chi connectivity index (χ0n) is 12.1. The number of nitrogens with zero attached hydrogens (tertiary/aromatic N) is 3. The summed E-state index contributed by atoms with van der Waals surface area (Å²) in [4.78, 5) is 16.9. The molecule has 0 unspecified atom stereocenters. The zero-order valence-corrected chi connectivity index (χ0v) is 12.9. The Labute approximate surface area is 122 Å². The van der Waals surface area contributed by atoms with E-state index in [1.165, 1.54) is 0 Å². The second-order valence-corrected chi connectivity index (χ2v) is 6.82. The van der Waals surface area contributed by atoms with Crippen LogP contribution in [0.3, 0.4) is 0 Å². The molecule has 0 aliphatic heterocycles. The molecule has 7 heteroatoms. The van der Waals surface area contributed by atoms with Crippen LogP contribution in [0.1, 0.15) is 30.7 Å². The second-order valence-electron chi connectivity index (χ2n) is 5.50. The summed E-state index contributed by atoms with van der Waals surface area (Å²) in [5, 5.41) is 10.8. The van der Waals surface area contributed by atoms with Gasteiger partial charge in [0, 0.05) is 17.3 Å². The molecule has 0 aliphatic carbocycles. The molecule has 2 heterocycles. The van der Waals surface area contributed by atoms with Crippen molar-refractivity contribution in [3.8, 4) is 0 Å². The van der Waals surface area contributed by atoms with Gasteiger partial charge < -0.3 is 10.6 Å². The van der Waals surface area contributed by atoms with Gasteiger partial charge >= 0.3 is 6.03 Å². The van der Waals surface area contributed by atoms with Crippen LogP contribution in [0.25, 0.3) is 0 Å². The quantitative estimate of drug-likeness (QED) is 0.914. The van der Waals surface area contributed by atoms with E-state index in [9.17, 15) is 4.79 Å². The van der Waals surface area contributed by atoms with E-state index in [1.807, 2.05) is 17.8 Å². The molecule has 0 saturated heterocycles. The van der Waals surface area contributed by atoms with Gasteiger partial charge in [0.2, 0.25) is 0 Å². The second kappa shape index (κ2) is 5.62. The van der Waals surface area contributed by atoms with Crippen LogP contribution in [-0.4, -0.2) is 20.8 Å². The van der Waals surface area contributed by atoms with Crippen LogP contribution in [0.5, 0.6) is 0 Å². The van der Waals surface area contributed by atoms with Gasteiger partial charge in [0.25, 0.3) is 0 Å². The topological polar surface area (TPSA) is 71.8 Å². The van der Waals surface area contributed by atoms with Crippen LogP contribution in [0.4, 0.5) is 10.5 Å². The third-order valence-electron chi connectivity index (χ3n) is 2.62. The molecule has 2 aromatic rings. The van der Waals surface area contributed by atoms with Crippen molar-refractivity contribution in [3.05, 3.63) is 28.5 Å². The summed E-state index contributed by atoms with van der Waals surface area (Å²) in [6.07, 6.45) is 5.23. The maximum atomic E-state index is 11.8. The molecule has 0 aromatic carbocycles. The molecular formula is C13H19N5OS. The highest BCUT2D eigenvalue weighted by atomic mass is 32.1. The number of thiazole rings is 1. The number of urea groups is 1. The number of amides is 2. The van der Waals surface area contributed by atoms with Crippen LogP contribution in [0.15, 0.2) is 18.6 Å². The van der Waals surface area contributed by atoms with Gasteiger partial charge in [0.15, 0.2) is 0 Å². The molecule has 2 rings (SSSR count). The third kappa shape index (κ3) is 3.80. The van der Waals surface area contributed by atoms with Gasteiger partial charge in [-0.05, 0) is 27.7 Å². The smallest absolute Gasteiger partial charge is 0.319 e. The number of hydrogen-bond acceptors (Lipinski definition) is 4. The number of anilines is 1. The highest BCUT2D eigenvalue weighted by Crippen LogP contribution is 2.15. The van der Waals surface area contributed by atoms with Crippen molar-refractivity contribution in [1.29, 1.82) is 0 Å². The number of carbonyl (C=O) groups is 1. The van der Waals surface area contributed by atoms with Gasteiger partial charge in [-0.3, -0.25) is 4.68 Å². The van der Waals surface area contributed by atoms with E-state index < -0.39 is 0 Å². The molecule has 0 spiro atoms. The summed E-state index contributed by atoms with van der Waals surface area (Å²) in [5.74, 6) is 0. The fourth-order valence-electron chi connectivity index (χ4n) is 1.58. The Hall–Kier alpha value is -1.89. The maximum Gasteiger partial charge on any atom is 0.319 e. The molecule has 20 heavy (non-hydrogen) atoms. The summed E-state index contributed by atoms with van der Waals surface area (Å²) >= 11 is 1.57. The third-order valence-corrected chi connectivity index (χ3v) is 3.53. The van der Waals surface area contributed by atoms with E-state index in [2.05, 4.69) is 41.5 Å². The molecule has 0 fully saturated rings. The van der Waals surface area contributed by atoms with Gasteiger partial charge in [-0.15, -0.1) is 11.3 Å². The number of rotatable bonds is 3. The van der Waals surface area contributed by atoms with Crippen molar-refractivity contribution in [1.82, 2.24) is 20.1 Å². The summed E-state index contributed by atoms with van der Waals surface area (Å²) in [6.45, 7) is 8.57. The van der Waals surface area contributed by atoms with Crippen molar-refractivity contribution < 1.29 is 4.79 Å². The first-order chi connectivity index (χ1) is 9.34. The monoisotopic (exact) mass is 293 g/mol. The van der Waals surface area contributed by atoms with Gasteiger partial charge in [-0.25, -0.2) is 9.78 Å². The number of aromatic nitrogens is 3. The number of aryl methyl sites for hydroxylation is 1. The lowest BCUT2D eigenvalue weighted by atomic mass is 10.1. The fourth-order valence-corrected chi connectivity index (χ4v) is 2.32. The highest BCUT2D eigenvalue weighted by Gasteiger charge is 2.14. The minimum absolute atomic E-state index is 0.101. The Kier molecular flexibility index (Phi) is 4.08. The van der Waals surface area contributed by atoms with Crippen molar-refractivity contribution in [3.63, 3.8) is 0 Å². The molecule has 2 amide bonds. The number of nitrogens with one attached hydrogen (secondary N) is 2. The molecular weight excluding hydrogens is 274 g/mol. The average molecular weight is 293 g/mol. The first-order valence-electron chi connectivity index (χ1n) is 6.36. The molecule has 108 valence electrons. The van der Waals surface area contributed by atoms with E-state index in [0.29, 0.717) is 12.2 Å². The van der Waals surface area contributed by atoms with E-state index in [-0.39, 0.29) is 11.6 Å². The van der Waals surface area contributed by atoms with Crippen molar-refractivity contribution in [2.24, 2.45) is 0 Å². The Balaban J connectivity index is 1.87. The molecule has 2 N–H and O–H groups in total. The van der Waals surface area contributed by atoms with E-state index in [1.54, 1.807) is 23.7 Å². The summed E-state index contributed by atoms with van der Waals surface area (Å²) < 4.78 is 1.81. The minimum atomic E-state index is -0.246. The van der Waals surface area contributed by atoms with Crippen LogP contribution < -0.4 is 10.6 Å². The molecule has 0 aliphatic rings. The summed E-state index contributed by atoms with van der Waals surface area (Å²) in [5.41, 5.74) is 0.578. The molecule has 0 bridgehead atoms. The average Bonchev–Trinajstić information content (AvgIpc) is 2.95. The zero-order chi connectivity index (χ0) is 14.8. The fraction of sp³-hybridized carbons (Fsp3) is 0.462. The van der Waals surface area contributed by atoms with Crippen LogP contribution in [-0.2, 0) is 12.1 Å². The molecule has 0 saturated carbocycles. The Morgan fingerprint density at radius 3 is 2.70 bits per heavy atom. The summed E-state index contributed by atoms with van der Waals surface area (Å²) in [6, 6.07) is -0.246. The van der Waals surface area contributed by atoms with Crippen LogP contribution in [0.2, 0.25) is 0 Å². The van der Waals surface area contributed by atoms with Crippen molar-refractivity contribution in [2.45, 2.75) is 39.8 Å². The summed E-state index contributed by atoms with van der Waals surface area (Å²) in [7, 11) is 0. The molecule has 0 radical (unpaired) electrons. The van der Waals surface area contributed by atoms with Gasteiger partial charge in [0.1, 0.15) is 0 Å². The van der Waals surface area contributed by atoms with Crippen LogP contribution in [0, 0.1) is 6.92 Å². The normalized spacial score (nSPS) is 11.4. The molecule has 0 atom stereocenters. The molecule has 6 nitrogen and oxygen atoms in total. The van der Waals surface area contributed by atoms with Gasteiger partial charge in [-0.1, -0.05) is 0 Å². The van der Waals surface area contributed by atoms with Gasteiger partial charge in [0.05, 0.1) is 29.0 Å². The lowest BCUT2D eigenvalue weighted by Gasteiger charge is -2.18. The van der Waals surface area contributed by atoms with Gasteiger partial charge in [-0.2, -0.15) is 5.10 Å². The standard InChI is InChI=1S/C13H19N5OS/c1-9-14-6-11(20-9)7-15-12(19)17-10-5-16-18(8-10)13(2,3)4/h5-6,8H,7H2,1-4H3,(H2,15,17,19). The minimum Gasteiger partial charge on any atom is -0.333 e. The first kappa shape index (κ1) is 14.5. The number of carbonyl (C=O) groups excluding carboxylic acids is 1. The lowest BCUT2D eigenvalue weighted by Crippen LogP contribution is -2.27. The predicted octanol–water partition coefficient (Wildman–Crippen LogP) is 2.72.